The Hall–Kier alpha value is -3.60. The van der Waals surface area contributed by atoms with E-state index >= 15 is 0 Å². The molecule has 0 saturated carbocycles. The molecule has 0 spiro atoms. The predicted molar refractivity (Wildman–Crippen MR) is 145 cm³/mol. The fraction of sp³-hybridized carbons (Fsp3) is 0.321. The van der Waals surface area contributed by atoms with Crippen LogP contribution in [0.15, 0.2) is 78.5 Å². The lowest BCUT2D eigenvalue weighted by atomic mass is 9.75. The molecule has 3 fully saturated rings. The van der Waals surface area contributed by atoms with Gasteiger partial charge in [-0.15, -0.1) is 11.7 Å². The number of hydrogen-bond acceptors (Lipinski definition) is 7. The average molecular weight is 531 g/mol. The molecule has 2 bridgehead atoms. The van der Waals surface area contributed by atoms with Crippen LogP contribution in [-0.4, -0.2) is 59.0 Å². The Kier molecular flexibility index (Phi) is 6.25. The first kappa shape index (κ1) is 24.7. The van der Waals surface area contributed by atoms with Crippen molar-refractivity contribution in [3.8, 4) is 17.0 Å². The largest absolute Gasteiger partial charge is 0.497 e. The second-order valence-corrected chi connectivity index (χ2v) is 11.7. The monoisotopic (exact) mass is 530 g/mol. The normalized spacial score (nSPS) is 23.8. The maximum Gasteiger partial charge on any atom is 0.238 e. The standard InChI is InChI=1S/C28H30N6O3S/c1-3-20-14-18-11-13-33(20)27(15-18)28(23-10-12-30-25-9-6-21(37-2)16-24(23)25)34-17-26(31-32-34)19-4-7-22(8-5-19)38(29,35)36/h3-10,12,16-18,20,27-28H,1,11,13-15H2,2H3,(H2,29,35,36)/t18?,20?,27-,28-/m1/s1. The molecule has 7 rings (SSSR count). The molecule has 9 nitrogen and oxygen atoms in total. The molecule has 0 amide bonds. The van der Waals surface area contributed by atoms with Crippen molar-refractivity contribution in [3.05, 3.63) is 79.1 Å². The van der Waals surface area contributed by atoms with Gasteiger partial charge in [-0.3, -0.25) is 9.88 Å². The molecule has 5 heterocycles. The van der Waals surface area contributed by atoms with Crippen molar-refractivity contribution in [3.63, 3.8) is 0 Å². The number of rotatable bonds is 7. The van der Waals surface area contributed by atoms with E-state index in [0.29, 0.717) is 17.7 Å². The van der Waals surface area contributed by atoms with E-state index < -0.39 is 10.0 Å². The van der Waals surface area contributed by atoms with Gasteiger partial charge in [-0.1, -0.05) is 23.4 Å². The highest BCUT2D eigenvalue weighted by Gasteiger charge is 2.44. The molecule has 196 valence electrons. The van der Waals surface area contributed by atoms with Gasteiger partial charge in [0.05, 0.1) is 29.8 Å². The van der Waals surface area contributed by atoms with Crippen molar-refractivity contribution in [1.82, 2.24) is 24.9 Å². The first-order valence-electron chi connectivity index (χ1n) is 12.7. The van der Waals surface area contributed by atoms with Crippen LogP contribution in [0.1, 0.15) is 30.9 Å². The van der Waals surface area contributed by atoms with Crippen LogP contribution in [0, 0.1) is 5.92 Å². The van der Waals surface area contributed by atoms with Crippen molar-refractivity contribution >= 4 is 20.9 Å². The fourth-order valence-electron chi connectivity index (χ4n) is 6.15. The molecule has 2 aromatic heterocycles. The predicted octanol–water partition coefficient (Wildman–Crippen LogP) is 3.78. The number of methoxy groups -OCH3 is 1. The van der Waals surface area contributed by atoms with E-state index in [1.165, 1.54) is 18.6 Å². The van der Waals surface area contributed by atoms with Crippen LogP contribution in [0.3, 0.4) is 0 Å². The zero-order valence-corrected chi connectivity index (χ0v) is 22.0. The molecule has 4 aromatic rings. The van der Waals surface area contributed by atoms with E-state index in [9.17, 15) is 8.42 Å². The molecule has 38 heavy (non-hydrogen) atoms. The minimum Gasteiger partial charge on any atom is -0.497 e. The molecule has 0 radical (unpaired) electrons. The molecule has 3 saturated heterocycles. The number of primary sulfonamides is 1. The van der Waals surface area contributed by atoms with Crippen molar-refractivity contribution in [1.29, 1.82) is 0 Å². The summed E-state index contributed by atoms with van der Waals surface area (Å²) in [5.74, 6) is 1.40. The lowest BCUT2D eigenvalue weighted by Crippen LogP contribution is -2.56. The molecular weight excluding hydrogens is 500 g/mol. The number of pyridine rings is 1. The number of nitrogens with two attached hydrogens (primary N) is 1. The van der Waals surface area contributed by atoms with Gasteiger partial charge < -0.3 is 4.74 Å². The van der Waals surface area contributed by atoms with E-state index in [4.69, 9.17) is 9.88 Å². The number of aromatic nitrogens is 4. The summed E-state index contributed by atoms with van der Waals surface area (Å²) in [6, 6.07) is 14.8. The van der Waals surface area contributed by atoms with Gasteiger partial charge in [0.1, 0.15) is 11.4 Å². The smallest absolute Gasteiger partial charge is 0.238 e. The van der Waals surface area contributed by atoms with Crippen molar-refractivity contribution < 1.29 is 13.2 Å². The van der Waals surface area contributed by atoms with Gasteiger partial charge in [0, 0.05) is 29.2 Å². The molecule has 3 unspecified atom stereocenters. The molecular formula is C28H30N6O3S. The first-order chi connectivity index (χ1) is 18.4. The SMILES string of the molecule is C=CC1CC2CCN1[C@@H]([C@@H](c1ccnc3ccc(OC)cc13)n1cc(-c3ccc(S(N)(=O)=O)cc3)nn1)C2. The molecule has 2 N–H and O–H groups in total. The van der Waals surface area contributed by atoms with Gasteiger partial charge in [0.2, 0.25) is 10.0 Å². The number of sulfonamides is 1. The Bertz CT molecular complexity index is 1600. The summed E-state index contributed by atoms with van der Waals surface area (Å²) >= 11 is 0. The van der Waals surface area contributed by atoms with Crippen LogP contribution < -0.4 is 9.88 Å². The summed E-state index contributed by atoms with van der Waals surface area (Å²) in [7, 11) is -2.10. The Morgan fingerprint density at radius 2 is 1.97 bits per heavy atom. The Morgan fingerprint density at radius 1 is 1.16 bits per heavy atom. The minimum absolute atomic E-state index is 0.0604. The quantitative estimate of drug-likeness (QED) is 0.362. The van der Waals surface area contributed by atoms with E-state index in [2.05, 4.69) is 38.9 Å². The third-order valence-electron chi connectivity index (χ3n) is 8.01. The van der Waals surface area contributed by atoms with Crippen LogP contribution in [0.25, 0.3) is 22.2 Å². The number of benzene rings is 2. The number of piperidine rings is 3. The van der Waals surface area contributed by atoms with E-state index in [0.717, 1.165) is 47.2 Å². The Morgan fingerprint density at radius 3 is 2.68 bits per heavy atom. The summed E-state index contributed by atoms with van der Waals surface area (Å²) in [5, 5.41) is 15.4. The minimum atomic E-state index is -3.77. The highest BCUT2D eigenvalue weighted by molar-refractivity contribution is 7.89. The van der Waals surface area contributed by atoms with Gasteiger partial charge in [-0.2, -0.15) is 0 Å². The molecule has 3 aliphatic rings. The second-order valence-electron chi connectivity index (χ2n) is 10.1. The molecule has 5 atom stereocenters. The summed E-state index contributed by atoms with van der Waals surface area (Å²) in [4.78, 5) is 7.23. The number of ether oxygens (including phenoxy) is 1. The summed E-state index contributed by atoms with van der Waals surface area (Å²) in [6.45, 7) is 5.15. The second kappa shape index (κ2) is 9.61. The van der Waals surface area contributed by atoms with Crippen LogP contribution in [0.2, 0.25) is 0 Å². The molecule has 0 aliphatic carbocycles. The highest BCUT2D eigenvalue weighted by atomic mass is 32.2. The number of fused-ring (bicyclic) bond motifs is 4. The van der Waals surface area contributed by atoms with E-state index in [1.54, 1.807) is 19.2 Å². The van der Waals surface area contributed by atoms with Gasteiger partial charge in [-0.05, 0) is 73.7 Å². The third kappa shape index (κ3) is 4.38. The lowest BCUT2D eigenvalue weighted by molar-refractivity contribution is -0.00265. The summed E-state index contributed by atoms with van der Waals surface area (Å²) in [5.41, 5.74) is 3.42. The maximum atomic E-state index is 11.7. The summed E-state index contributed by atoms with van der Waals surface area (Å²) in [6.07, 6.45) is 9.25. The van der Waals surface area contributed by atoms with Gasteiger partial charge in [-0.25, -0.2) is 18.2 Å². The van der Waals surface area contributed by atoms with Crippen LogP contribution in [-0.2, 0) is 10.0 Å². The van der Waals surface area contributed by atoms with Crippen molar-refractivity contribution in [2.75, 3.05) is 13.7 Å². The Labute approximate surface area is 222 Å². The van der Waals surface area contributed by atoms with Gasteiger partial charge in [0.25, 0.3) is 0 Å². The van der Waals surface area contributed by atoms with Gasteiger partial charge in [0.15, 0.2) is 0 Å². The average Bonchev–Trinajstić information content (AvgIpc) is 3.42. The lowest BCUT2D eigenvalue weighted by Gasteiger charge is -2.52. The third-order valence-corrected chi connectivity index (χ3v) is 8.94. The van der Waals surface area contributed by atoms with Crippen molar-refractivity contribution in [2.24, 2.45) is 11.1 Å². The highest BCUT2D eigenvalue weighted by Crippen LogP contribution is 2.44. The van der Waals surface area contributed by atoms with Crippen LogP contribution in [0.5, 0.6) is 5.75 Å². The molecule has 3 aliphatic heterocycles. The van der Waals surface area contributed by atoms with Crippen LogP contribution >= 0.6 is 0 Å². The van der Waals surface area contributed by atoms with Gasteiger partial charge >= 0.3 is 0 Å². The van der Waals surface area contributed by atoms with E-state index in [-0.39, 0.29) is 17.0 Å². The molecule has 10 heteroatoms. The van der Waals surface area contributed by atoms with Crippen LogP contribution in [0.4, 0.5) is 0 Å². The zero-order valence-electron chi connectivity index (χ0n) is 21.1. The number of nitrogens with zero attached hydrogens (tertiary/aromatic N) is 5. The van der Waals surface area contributed by atoms with E-state index in [1.807, 2.05) is 35.3 Å². The summed E-state index contributed by atoms with van der Waals surface area (Å²) < 4.78 is 30.9. The topological polar surface area (TPSA) is 116 Å². The van der Waals surface area contributed by atoms with Crippen molar-refractivity contribution in [2.45, 2.75) is 42.3 Å². The molecule has 2 aromatic carbocycles. The maximum absolute atomic E-state index is 11.7. The Balaban J connectivity index is 1.47. The fourth-order valence-corrected chi connectivity index (χ4v) is 6.67. The number of hydrogen-bond donors (Lipinski definition) is 1. The zero-order chi connectivity index (χ0) is 26.4. The first-order valence-corrected chi connectivity index (χ1v) is 14.3.